The lowest BCUT2D eigenvalue weighted by Crippen LogP contribution is -3.00. The van der Waals surface area contributed by atoms with Crippen LogP contribution >= 0.6 is 7.26 Å². The number of halogens is 1. The summed E-state index contributed by atoms with van der Waals surface area (Å²) in [5, 5.41) is 4.32. The smallest absolute Gasteiger partial charge is 0.116 e. The largest absolute Gasteiger partial charge is 1.00 e. The molecule has 29 heavy (non-hydrogen) atoms. The first kappa shape index (κ1) is 21.3. The van der Waals surface area contributed by atoms with Crippen LogP contribution in [-0.2, 0) is 6.16 Å². The predicted molar refractivity (Wildman–Crippen MR) is 125 cm³/mol. The second-order valence-corrected chi connectivity index (χ2v) is 10.8. The van der Waals surface area contributed by atoms with Crippen LogP contribution in [-0.4, -0.2) is 0 Å². The molecule has 0 spiro atoms. The first-order chi connectivity index (χ1) is 13.7. The van der Waals surface area contributed by atoms with Gasteiger partial charge in [-0.05, 0) is 66.9 Å². The van der Waals surface area contributed by atoms with Crippen LogP contribution in [0.3, 0.4) is 0 Å². The SMILES string of the molecule is Cc1cccc(C)c1C[P+](c1ccccc1)(c1ccccc1)c1ccccc1.[Cl-]. The monoisotopic (exact) mass is 416 g/mol. The van der Waals surface area contributed by atoms with E-state index in [1.54, 1.807) is 0 Å². The third-order valence-corrected chi connectivity index (χ3v) is 9.96. The fourth-order valence-electron chi connectivity index (χ4n) is 4.10. The first-order valence-electron chi connectivity index (χ1n) is 9.82. The molecule has 146 valence electrons. The van der Waals surface area contributed by atoms with Crippen molar-refractivity contribution >= 4 is 23.2 Å². The zero-order valence-electron chi connectivity index (χ0n) is 16.9. The van der Waals surface area contributed by atoms with Crippen LogP contribution in [0.15, 0.2) is 109 Å². The summed E-state index contributed by atoms with van der Waals surface area (Å²) >= 11 is 0. The molecule has 0 saturated heterocycles. The van der Waals surface area contributed by atoms with Gasteiger partial charge in [0.05, 0.1) is 6.16 Å². The number of rotatable bonds is 5. The Bertz CT molecular complexity index is 927. The van der Waals surface area contributed by atoms with Gasteiger partial charge in [-0.15, -0.1) is 0 Å². The Morgan fingerprint density at radius 1 is 0.483 bits per heavy atom. The van der Waals surface area contributed by atoms with Crippen molar-refractivity contribution in [2.45, 2.75) is 20.0 Å². The van der Waals surface area contributed by atoms with Crippen LogP contribution in [0.4, 0.5) is 0 Å². The van der Waals surface area contributed by atoms with Crippen molar-refractivity contribution in [1.29, 1.82) is 0 Å². The van der Waals surface area contributed by atoms with E-state index in [9.17, 15) is 0 Å². The highest BCUT2D eigenvalue weighted by atomic mass is 35.5. The van der Waals surface area contributed by atoms with Crippen molar-refractivity contribution < 1.29 is 12.4 Å². The Labute approximate surface area is 181 Å². The summed E-state index contributed by atoms with van der Waals surface area (Å²) in [6.07, 6.45) is 1.05. The van der Waals surface area contributed by atoms with E-state index in [0.29, 0.717) is 0 Å². The number of benzene rings is 4. The maximum Gasteiger partial charge on any atom is 0.116 e. The summed E-state index contributed by atoms with van der Waals surface area (Å²) in [6, 6.07) is 40.0. The Morgan fingerprint density at radius 3 is 1.17 bits per heavy atom. The average molecular weight is 417 g/mol. The number of hydrogen-bond acceptors (Lipinski definition) is 0. The lowest BCUT2D eigenvalue weighted by Gasteiger charge is -2.29. The van der Waals surface area contributed by atoms with Crippen LogP contribution in [0.1, 0.15) is 16.7 Å². The highest BCUT2D eigenvalue weighted by Crippen LogP contribution is 2.58. The molecule has 0 unspecified atom stereocenters. The van der Waals surface area contributed by atoms with Crippen LogP contribution in [0.25, 0.3) is 0 Å². The van der Waals surface area contributed by atoms with E-state index in [1.165, 1.54) is 32.6 Å². The van der Waals surface area contributed by atoms with E-state index in [4.69, 9.17) is 0 Å². The molecular weight excluding hydrogens is 391 g/mol. The van der Waals surface area contributed by atoms with Gasteiger partial charge in [0.2, 0.25) is 0 Å². The van der Waals surface area contributed by atoms with E-state index in [0.717, 1.165) is 6.16 Å². The standard InChI is InChI=1S/C27H26P.ClH/c1-22-13-12-14-23(2)27(22)21-28(24-15-6-3-7-16-24,25-17-8-4-9-18-25)26-19-10-5-11-20-26;/h3-20H,21H2,1-2H3;1H/q+1;/p-1. The van der Waals surface area contributed by atoms with Crippen LogP contribution in [0, 0.1) is 13.8 Å². The molecule has 0 amide bonds. The summed E-state index contributed by atoms with van der Waals surface area (Å²) in [6.45, 7) is 4.50. The molecule has 4 aromatic carbocycles. The van der Waals surface area contributed by atoms with Gasteiger partial charge in [0.15, 0.2) is 0 Å². The number of aryl methyl sites for hydroxylation is 2. The minimum atomic E-state index is -1.83. The first-order valence-corrected chi connectivity index (χ1v) is 11.8. The van der Waals surface area contributed by atoms with E-state index < -0.39 is 7.26 Å². The average Bonchev–Trinajstić information content (AvgIpc) is 2.76. The predicted octanol–water partition coefficient (Wildman–Crippen LogP) is 2.80. The molecule has 0 aliphatic heterocycles. The van der Waals surface area contributed by atoms with E-state index in [1.807, 2.05) is 0 Å². The zero-order valence-corrected chi connectivity index (χ0v) is 18.6. The molecule has 0 saturated carbocycles. The molecule has 0 N–H and O–H groups in total. The van der Waals surface area contributed by atoms with Gasteiger partial charge in [-0.25, -0.2) is 0 Å². The summed E-state index contributed by atoms with van der Waals surface area (Å²) < 4.78 is 0. The van der Waals surface area contributed by atoms with Crippen LogP contribution < -0.4 is 28.3 Å². The molecule has 0 aliphatic carbocycles. The molecule has 0 nitrogen and oxygen atoms in total. The molecular formula is C27H26ClP. The van der Waals surface area contributed by atoms with Crippen molar-refractivity contribution in [3.63, 3.8) is 0 Å². The number of hydrogen-bond donors (Lipinski definition) is 0. The quantitative estimate of drug-likeness (QED) is 0.439. The van der Waals surface area contributed by atoms with Crippen molar-refractivity contribution in [2.24, 2.45) is 0 Å². The summed E-state index contributed by atoms with van der Waals surface area (Å²) in [4.78, 5) is 0. The van der Waals surface area contributed by atoms with Gasteiger partial charge in [-0.2, -0.15) is 0 Å². The molecule has 0 aromatic heterocycles. The van der Waals surface area contributed by atoms with Gasteiger partial charge in [0.1, 0.15) is 23.2 Å². The molecule has 0 heterocycles. The Kier molecular flexibility index (Phi) is 6.91. The Balaban J connectivity index is 0.00000240. The van der Waals surface area contributed by atoms with Gasteiger partial charge in [-0.3, -0.25) is 0 Å². The molecule has 4 aromatic rings. The maximum absolute atomic E-state index is 2.32. The minimum Gasteiger partial charge on any atom is -1.00 e. The van der Waals surface area contributed by atoms with Crippen LogP contribution in [0.2, 0.25) is 0 Å². The Hall–Kier alpha value is -2.40. The maximum atomic E-state index is 2.32. The lowest BCUT2D eigenvalue weighted by atomic mass is 10.1. The fraction of sp³-hybridized carbons (Fsp3) is 0.111. The van der Waals surface area contributed by atoms with Crippen molar-refractivity contribution in [1.82, 2.24) is 0 Å². The highest BCUT2D eigenvalue weighted by molar-refractivity contribution is 7.95. The van der Waals surface area contributed by atoms with E-state index in [2.05, 4.69) is 123 Å². The zero-order chi connectivity index (χ0) is 19.4. The molecule has 0 bridgehead atoms. The van der Waals surface area contributed by atoms with Crippen molar-refractivity contribution in [3.8, 4) is 0 Å². The molecule has 0 fully saturated rings. The molecule has 4 rings (SSSR count). The second-order valence-electron chi connectivity index (χ2n) is 7.34. The lowest BCUT2D eigenvalue weighted by molar-refractivity contribution is -0.00000558. The summed E-state index contributed by atoms with van der Waals surface area (Å²) in [5.41, 5.74) is 4.24. The van der Waals surface area contributed by atoms with E-state index >= 15 is 0 Å². The van der Waals surface area contributed by atoms with Crippen molar-refractivity contribution in [3.05, 3.63) is 126 Å². The van der Waals surface area contributed by atoms with Gasteiger partial charge in [0.25, 0.3) is 0 Å². The molecule has 2 heteroatoms. The third-order valence-electron chi connectivity index (χ3n) is 5.63. The normalized spacial score (nSPS) is 11.0. The molecule has 0 atom stereocenters. The highest BCUT2D eigenvalue weighted by Gasteiger charge is 2.45. The van der Waals surface area contributed by atoms with Gasteiger partial charge >= 0.3 is 0 Å². The van der Waals surface area contributed by atoms with E-state index in [-0.39, 0.29) is 12.4 Å². The summed E-state index contributed by atoms with van der Waals surface area (Å²) in [7, 11) is -1.83. The van der Waals surface area contributed by atoms with Crippen molar-refractivity contribution in [2.75, 3.05) is 0 Å². The Morgan fingerprint density at radius 2 is 0.828 bits per heavy atom. The third kappa shape index (κ3) is 4.15. The fourth-order valence-corrected chi connectivity index (χ4v) is 8.56. The van der Waals surface area contributed by atoms with Gasteiger partial charge < -0.3 is 12.4 Å². The summed E-state index contributed by atoms with van der Waals surface area (Å²) in [5.74, 6) is 0. The minimum absolute atomic E-state index is 0. The topological polar surface area (TPSA) is 0 Å². The van der Waals surface area contributed by atoms with Gasteiger partial charge in [-0.1, -0.05) is 72.8 Å². The molecule has 0 aliphatic rings. The van der Waals surface area contributed by atoms with Crippen LogP contribution in [0.5, 0.6) is 0 Å². The second kappa shape index (κ2) is 9.40. The molecule has 0 radical (unpaired) electrons. The van der Waals surface area contributed by atoms with Gasteiger partial charge in [0, 0.05) is 0 Å².